The van der Waals surface area contributed by atoms with E-state index in [2.05, 4.69) is 9.72 Å². The SMILES string of the molecule is COc1ccc2c(Cl)c(-c3ccc(Oc4ccc(OC(F)(F)F)cc4)cc3)c(C)nc2c1. The molecule has 0 saturated heterocycles. The van der Waals surface area contributed by atoms with Gasteiger partial charge in [-0.25, -0.2) is 0 Å². The van der Waals surface area contributed by atoms with Crippen molar-refractivity contribution in [3.05, 3.63) is 77.4 Å². The van der Waals surface area contributed by atoms with E-state index in [0.717, 1.165) is 27.7 Å². The molecule has 1 aromatic heterocycles. The average molecular weight is 460 g/mol. The van der Waals surface area contributed by atoms with Gasteiger partial charge in [-0.15, -0.1) is 13.2 Å². The fourth-order valence-electron chi connectivity index (χ4n) is 3.32. The highest BCUT2D eigenvalue weighted by Gasteiger charge is 2.31. The van der Waals surface area contributed by atoms with E-state index in [4.69, 9.17) is 21.1 Å². The molecule has 164 valence electrons. The Kier molecular flexibility index (Phi) is 5.84. The van der Waals surface area contributed by atoms with Crippen LogP contribution in [0.15, 0.2) is 66.7 Å². The van der Waals surface area contributed by atoms with E-state index in [1.54, 1.807) is 19.2 Å². The van der Waals surface area contributed by atoms with E-state index in [-0.39, 0.29) is 5.75 Å². The standard InChI is InChI=1S/C24H17ClF3NO3/c1-14-22(23(25)20-12-11-19(30-2)13-21(20)29-14)15-3-5-16(6-4-15)31-17-7-9-18(10-8-17)32-24(26,27)28/h3-13H,1-2H3. The normalized spacial score (nSPS) is 11.4. The molecule has 0 spiro atoms. The number of halogens is 4. The summed E-state index contributed by atoms with van der Waals surface area (Å²) in [4.78, 5) is 4.66. The number of hydrogen-bond donors (Lipinski definition) is 0. The van der Waals surface area contributed by atoms with Crippen molar-refractivity contribution in [3.63, 3.8) is 0 Å². The first-order valence-corrected chi connectivity index (χ1v) is 9.89. The fraction of sp³-hybridized carbons (Fsp3) is 0.125. The summed E-state index contributed by atoms with van der Waals surface area (Å²) >= 11 is 6.70. The maximum Gasteiger partial charge on any atom is 0.573 e. The number of methoxy groups -OCH3 is 1. The zero-order chi connectivity index (χ0) is 22.9. The minimum atomic E-state index is -4.73. The Bertz CT molecular complexity index is 1260. The van der Waals surface area contributed by atoms with E-state index in [1.807, 2.05) is 37.3 Å². The van der Waals surface area contributed by atoms with Gasteiger partial charge in [0.15, 0.2) is 0 Å². The van der Waals surface area contributed by atoms with Crippen LogP contribution < -0.4 is 14.2 Å². The molecule has 0 bridgehead atoms. The van der Waals surface area contributed by atoms with E-state index in [9.17, 15) is 13.2 Å². The fourth-order valence-corrected chi connectivity index (χ4v) is 3.72. The topological polar surface area (TPSA) is 40.6 Å². The summed E-state index contributed by atoms with van der Waals surface area (Å²) in [5, 5.41) is 1.40. The zero-order valence-electron chi connectivity index (χ0n) is 17.0. The van der Waals surface area contributed by atoms with E-state index < -0.39 is 6.36 Å². The second-order valence-electron chi connectivity index (χ2n) is 6.91. The summed E-state index contributed by atoms with van der Waals surface area (Å²) < 4.78 is 51.6. The molecule has 0 atom stereocenters. The van der Waals surface area contributed by atoms with Crippen LogP contribution in [0.25, 0.3) is 22.0 Å². The molecule has 0 N–H and O–H groups in total. The second kappa shape index (κ2) is 8.59. The van der Waals surface area contributed by atoms with Crippen molar-refractivity contribution in [3.8, 4) is 34.1 Å². The molecular weight excluding hydrogens is 443 g/mol. The molecular formula is C24H17ClF3NO3. The minimum absolute atomic E-state index is 0.313. The number of aryl methyl sites for hydroxylation is 1. The molecule has 0 unspecified atom stereocenters. The third-order valence-electron chi connectivity index (χ3n) is 4.75. The van der Waals surface area contributed by atoms with Crippen molar-refractivity contribution in [1.29, 1.82) is 0 Å². The lowest BCUT2D eigenvalue weighted by atomic mass is 10.0. The molecule has 32 heavy (non-hydrogen) atoms. The van der Waals surface area contributed by atoms with Gasteiger partial charge in [0.2, 0.25) is 0 Å². The van der Waals surface area contributed by atoms with Gasteiger partial charge in [-0.2, -0.15) is 0 Å². The second-order valence-corrected chi connectivity index (χ2v) is 7.29. The largest absolute Gasteiger partial charge is 0.573 e. The molecule has 0 aliphatic carbocycles. The van der Waals surface area contributed by atoms with Crippen molar-refractivity contribution < 1.29 is 27.4 Å². The van der Waals surface area contributed by atoms with Gasteiger partial charge < -0.3 is 14.2 Å². The maximum atomic E-state index is 12.3. The quantitative estimate of drug-likeness (QED) is 0.308. The Balaban J connectivity index is 1.57. The summed E-state index contributed by atoms with van der Waals surface area (Å²) in [7, 11) is 1.60. The van der Waals surface area contributed by atoms with Gasteiger partial charge in [0.1, 0.15) is 23.0 Å². The monoisotopic (exact) mass is 459 g/mol. The number of nitrogens with zero attached hydrogens (tertiary/aromatic N) is 1. The first kappa shape index (κ1) is 21.8. The summed E-state index contributed by atoms with van der Waals surface area (Å²) in [5.41, 5.74) is 3.18. The van der Waals surface area contributed by atoms with Crippen molar-refractivity contribution >= 4 is 22.5 Å². The van der Waals surface area contributed by atoms with Crippen molar-refractivity contribution in [2.45, 2.75) is 13.3 Å². The predicted molar refractivity (Wildman–Crippen MR) is 117 cm³/mol. The third kappa shape index (κ3) is 4.73. The van der Waals surface area contributed by atoms with E-state index >= 15 is 0 Å². The molecule has 0 amide bonds. The number of benzene rings is 3. The van der Waals surface area contributed by atoms with Gasteiger partial charge in [-0.05, 0) is 61.0 Å². The van der Waals surface area contributed by atoms with Gasteiger partial charge in [-0.3, -0.25) is 4.98 Å². The Morgan fingerprint density at radius 2 is 1.38 bits per heavy atom. The number of pyridine rings is 1. The van der Waals surface area contributed by atoms with E-state index in [1.165, 1.54) is 24.3 Å². The van der Waals surface area contributed by atoms with Crippen LogP contribution >= 0.6 is 11.6 Å². The van der Waals surface area contributed by atoms with Gasteiger partial charge >= 0.3 is 6.36 Å². The van der Waals surface area contributed by atoms with E-state index in [0.29, 0.717) is 22.3 Å². The summed E-state index contributed by atoms with van der Waals surface area (Å²) in [5.74, 6) is 1.28. The van der Waals surface area contributed by atoms with Crippen LogP contribution in [0.2, 0.25) is 5.02 Å². The van der Waals surface area contributed by atoms with Crippen LogP contribution in [0.5, 0.6) is 23.0 Å². The van der Waals surface area contributed by atoms with Crippen LogP contribution in [-0.4, -0.2) is 18.5 Å². The van der Waals surface area contributed by atoms with Crippen LogP contribution in [0.4, 0.5) is 13.2 Å². The number of alkyl halides is 3. The number of rotatable bonds is 5. The molecule has 4 nitrogen and oxygen atoms in total. The van der Waals surface area contributed by atoms with Gasteiger partial charge in [0.05, 0.1) is 17.6 Å². The number of hydrogen-bond acceptors (Lipinski definition) is 4. The molecule has 8 heteroatoms. The number of fused-ring (bicyclic) bond motifs is 1. The third-order valence-corrected chi connectivity index (χ3v) is 5.14. The lowest BCUT2D eigenvalue weighted by Crippen LogP contribution is -2.16. The lowest BCUT2D eigenvalue weighted by molar-refractivity contribution is -0.274. The Morgan fingerprint density at radius 1 is 0.812 bits per heavy atom. The Labute approximate surface area is 187 Å². The highest BCUT2D eigenvalue weighted by Crippen LogP contribution is 2.37. The molecule has 4 rings (SSSR count). The van der Waals surface area contributed by atoms with Crippen LogP contribution in [-0.2, 0) is 0 Å². The smallest absolute Gasteiger partial charge is 0.497 e. The molecule has 0 aliphatic heterocycles. The minimum Gasteiger partial charge on any atom is -0.497 e. The van der Waals surface area contributed by atoms with Gasteiger partial charge in [0, 0.05) is 22.7 Å². The predicted octanol–water partition coefficient (Wildman–Crippen LogP) is 7.56. The number of aromatic nitrogens is 1. The van der Waals surface area contributed by atoms with Crippen molar-refractivity contribution in [2.75, 3.05) is 7.11 Å². The lowest BCUT2D eigenvalue weighted by Gasteiger charge is -2.13. The zero-order valence-corrected chi connectivity index (χ0v) is 17.8. The molecule has 0 saturated carbocycles. The Morgan fingerprint density at radius 3 is 1.97 bits per heavy atom. The first-order chi connectivity index (χ1) is 15.2. The van der Waals surface area contributed by atoms with Gasteiger partial charge in [-0.1, -0.05) is 23.7 Å². The van der Waals surface area contributed by atoms with Crippen LogP contribution in [0, 0.1) is 6.92 Å². The highest BCUT2D eigenvalue weighted by atomic mass is 35.5. The van der Waals surface area contributed by atoms with Gasteiger partial charge in [0.25, 0.3) is 0 Å². The average Bonchev–Trinajstić information content (AvgIpc) is 2.75. The highest BCUT2D eigenvalue weighted by molar-refractivity contribution is 6.38. The summed E-state index contributed by atoms with van der Waals surface area (Å²) in [6, 6.07) is 17.9. The first-order valence-electron chi connectivity index (χ1n) is 9.51. The molecule has 1 heterocycles. The van der Waals surface area contributed by atoms with Crippen molar-refractivity contribution in [1.82, 2.24) is 4.98 Å². The maximum absolute atomic E-state index is 12.3. The van der Waals surface area contributed by atoms with Crippen molar-refractivity contribution in [2.24, 2.45) is 0 Å². The summed E-state index contributed by atoms with van der Waals surface area (Å²) in [6.07, 6.45) is -4.73. The summed E-state index contributed by atoms with van der Waals surface area (Å²) in [6.45, 7) is 1.88. The molecule has 3 aromatic carbocycles. The molecule has 0 aliphatic rings. The van der Waals surface area contributed by atoms with Crippen LogP contribution in [0.1, 0.15) is 5.69 Å². The molecule has 4 aromatic rings. The molecule has 0 radical (unpaired) electrons. The Hall–Kier alpha value is -3.45. The molecule has 0 fully saturated rings. The number of ether oxygens (including phenoxy) is 3. The van der Waals surface area contributed by atoms with Crippen LogP contribution in [0.3, 0.4) is 0 Å².